The zero-order chi connectivity index (χ0) is 13.1. The second-order valence-electron chi connectivity index (χ2n) is 5.53. The lowest BCUT2D eigenvalue weighted by molar-refractivity contribution is 0.339. The molecule has 0 amide bonds. The Morgan fingerprint density at radius 2 is 2.32 bits per heavy atom. The second kappa shape index (κ2) is 5.76. The van der Waals surface area contributed by atoms with E-state index in [1.165, 1.54) is 42.5 Å². The van der Waals surface area contributed by atoms with Crippen molar-refractivity contribution in [2.45, 2.75) is 19.9 Å². The summed E-state index contributed by atoms with van der Waals surface area (Å²) in [6, 6.07) is 8.65. The summed E-state index contributed by atoms with van der Waals surface area (Å²) < 4.78 is 0. The number of likely N-dealkylation sites (tertiary alicyclic amines) is 1. The fraction of sp³-hybridized carbons (Fsp3) is 0.500. The molecule has 1 saturated heterocycles. The predicted octanol–water partition coefficient (Wildman–Crippen LogP) is 2.60. The first-order valence-corrected chi connectivity index (χ1v) is 7.35. The Morgan fingerprint density at radius 1 is 1.37 bits per heavy atom. The lowest BCUT2D eigenvalue weighted by atomic mass is 10.1. The summed E-state index contributed by atoms with van der Waals surface area (Å²) >= 11 is 0. The molecule has 2 N–H and O–H groups in total. The highest BCUT2D eigenvalue weighted by molar-refractivity contribution is 5.82. The number of rotatable bonds is 5. The molecule has 1 aliphatic heterocycles. The third-order valence-electron chi connectivity index (χ3n) is 4.25. The van der Waals surface area contributed by atoms with Gasteiger partial charge in [0.15, 0.2) is 0 Å². The topological polar surface area (TPSA) is 31.1 Å². The minimum Gasteiger partial charge on any atom is -0.361 e. The molecular weight excluding hydrogens is 234 g/mol. The molecule has 1 atom stereocenters. The molecule has 0 saturated carbocycles. The summed E-state index contributed by atoms with van der Waals surface area (Å²) in [6.45, 7) is 8.09. The fourth-order valence-electron chi connectivity index (χ4n) is 3.08. The van der Waals surface area contributed by atoms with Gasteiger partial charge < -0.3 is 15.2 Å². The molecule has 2 aromatic rings. The van der Waals surface area contributed by atoms with Gasteiger partial charge in [0, 0.05) is 30.2 Å². The number of nitrogens with one attached hydrogen (secondary N) is 2. The number of aromatic amines is 1. The molecule has 1 fully saturated rings. The Balaban J connectivity index is 1.54. The van der Waals surface area contributed by atoms with E-state index in [0.717, 1.165) is 19.0 Å². The van der Waals surface area contributed by atoms with Gasteiger partial charge in [-0.15, -0.1) is 0 Å². The third-order valence-corrected chi connectivity index (χ3v) is 4.25. The molecule has 19 heavy (non-hydrogen) atoms. The molecule has 0 spiro atoms. The largest absolute Gasteiger partial charge is 0.361 e. The fourth-order valence-corrected chi connectivity index (χ4v) is 3.08. The van der Waals surface area contributed by atoms with Crippen molar-refractivity contribution in [2.24, 2.45) is 5.92 Å². The van der Waals surface area contributed by atoms with Crippen LogP contribution in [-0.2, 0) is 6.54 Å². The molecule has 1 unspecified atom stereocenters. The van der Waals surface area contributed by atoms with Crippen LogP contribution in [0.3, 0.4) is 0 Å². The Bertz CT molecular complexity index is 532. The highest BCUT2D eigenvalue weighted by atomic mass is 15.1. The molecule has 3 nitrogen and oxygen atoms in total. The van der Waals surface area contributed by atoms with Gasteiger partial charge in [0.05, 0.1) is 0 Å². The molecule has 102 valence electrons. The minimum atomic E-state index is 0.824. The quantitative estimate of drug-likeness (QED) is 0.862. The molecule has 0 aliphatic carbocycles. The summed E-state index contributed by atoms with van der Waals surface area (Å²) in [7, 11) is 0. The number of fused-ring (bicyclic) bond motifs is 1. The van der Waals surface area contributed by atoms with E-state index >= 15 is 0 Å². The van der Waals surface area contributed by atoms with Crippen molar-refractivity contribution in [3.05, 3.63) is 36.0 Å². The Labute approximate surface area is 115 Å². The summed E-state index contributed by atoms with van der Waals surface area (Å²) in [5.41, 5.74) is 2.63. The van der Waals surface area contributed by atoms with Gasteiger partial charge in [0.25, 0.3) is 0 Å². The Hall–Kier alpha value is -1.32. The van der Waals surface area contributed by atoms with E-state index < -0.39 is 0 Å². The number of benzene rings is 1. The first kappa shape index (κ1) is 12.7. The minimum absolute atomic E-state index is 0.824. The number of H-pyrrole nitrogens is 1. The Kier molecular flexibility index (Phi) is 3.85. The highest BCUT2D eigenvalue weighted by Gasteiger charge is 2.20. The first-order chi connectivity index (χ1) is 9.36. The van der Waals surface area contributed by atoms with Gasteiger partial charge in [-0.25, -0.2) is 0 Å². The van der Waals surface area contributed by atoms with Crippen molar-refractivity contribution < 1.29 is 0 Å². The van der Waals surface area contributed by atoms with Crippen molar-refractivity contribution in [3.8, 4) is 0 Å². The monoisotopic (exact) mass is 257 g/mol. The van der Waals surface area contributed by atoms with E-state index in [0.29, 0.717) is 0 Å². The smallest absolute Gasteiger partial charge is 0.0457 e. The van der Waals surface area contributed by atoms with E-state index in [1.807, 2.05) is 6.20 Å². The Morgan fingerprint density at radius 3 is 3.16 bits per heavy atom. The molecule has 0 radical (unpaired) electrons. The molecule has 1 aromatic heterocycles. The maximum atomic E-state index is 3.63. The zero-order valence-electron chi connectivity index (χ0n) is 11.7. The van der Waals surface area contributed by atoms with Gasteiger partial charge in [-0.2, -0.15) is 0 Å². The molecule has 1 aromatic carbocycles. The van der Waals surface area contributed by atoms with E-state index in [-0.39, 0.29) is 0 Å². The molecule has 0 bridgehead atoms. The van der Waals surface area contributed by atoms with Gasteiger partial charge in [0.1, 0.15) is 0 Å². The van der Waals surface area contributed by atoms with Crippen LogP contribution >= 0.6 is 0 Å². The van der Waals surface area contributed by atoms with Crippen LogP contribution in [0, 0.1) is 5.92 Å². The predicted molar refractivity (Wildman–Crippen MR) is 80.2 cm³/mol. The van der Waals surface area contributed by atoms with Gasteiger partial charge in [0.2, 0.25) is 0 Å². The summed E-state index contributed by atoms with van der Waals surface area (Å²) in [5, 5.41) is 4.97. The lowest BCUT2D eigenvalue weighted by Gasteiger charge is -2.14. The summed E-state index contributed by atoms with van der Waals surface area (Å²) in [5.74, 6) is 0.824. The van der Waals surface area contributed by atoms with E-state index in [1.54, 1.807) is 0 Å². The van der Waals surface area contributed by atoms with Gasteiger partial charge in [-0.3, -0.25) is 0 Å². The summed E-state index contributed by atoms with van der Waals surface area (Å²) in [6.07, 6.45) is 3.36. The van der Waals surface area contributed by atoms with E-state index in [9.17, 15) is 0 Å². The molecule has 3 rings (SSSR count). The van der Waals surface area contributed by atoms with Crippen LogP contribution in [0.5, 0.6) is 0 Å². The normalized spacial score (nSPS) is 20.4. The molecule has 1 aliphatic rings. The van der Waals surface area contributed by atoms with Crippen LogP contribution in [0.25, 0.3) is 10.9 Å². The molecule has 3 heteroatoms. The van der Waals surface area contributed by atoms with Crippen molar-refractivity contribution in [1.29, 1.82) is 0 Å². The van der Waals surface area contributed by atoms with Crippen molar-refractivity contribution in [3.63, 3.8) is 0 Å². The van der Waals surface area contributed by atoms with Gasteiger partial charge in [-0.1, -0.05) is 19.1 Å². The van der Waals surface area contributed by atoms with Crippen LogP contribution in [0.1, 0.15) is 18.9 Å². The zero-order valence-corrected chi connectivity index (χ0v) is 11.7. The summed E-state index contributed by atoms with van der Waals surface area (Å²) in [4.78, 5) is 5.81. The first-order valence-electron chi connectivity index (χ1n) is 7.35. The SMILES string of the molecule is CCN1CCC(CNCc2cccc3[nH]ccc23)C1. The van der Waals surface area contributed by atoms with Crippen LogP contribution < -0.4 is 5.32 Å². The van der Waals surface area contributed by atoms with Crippen LogP contribution in [0.4, 0.5) is 0 Å². The average Bonchev–Trinajstić information content (AvgIpc) is 3.07. The van der Waals surface area contributed by atoms with E-state index in [4.69, 9.17) is 0 Å². The molecular formula is C16H23N3. The van der Waals surface area contributed by atoms with Crippen LogP contribution in [0.2, 0.25) is 0 Å². The molecule has 2 heterocycles. The standard InChI is InChI=1S/C16H23N3/c1-2-19-9-7-13(12-19)10-17-11-14-4-3-5-16-15(14)6-8-18-16/h3-6,8,13,17-18H,2,7,9-12H2,1H3. The number of hydrogen-bond acceptors (Lipinski definition) is 2. The van der Waals surface area contributed by atoms with Crippen LogP contribution in [0.15, 0.2) is 30.5 Å². The number of aromatic nitrogens is 1. The van der Waals surface area contributed by atoms with Crippen molar-refractivity contribution >= 4 is 10.9 Å². The highest BCUT2D eigenvalue weighted by Crippen LogP contribution is 2.18. The average molecular weight is 257 g/mol. The van der Waals surface area contributed by atoms with Gasteiger partial charge in [-0.05, 0) is 49.7 Å². The van der Waals surface area contributed by atoms with Gasteiger partial charge >= 0.3 is 0 Å². The third kappa shape index (κ3) is 2.82. The maximum Gasteiger partial charge on any atom is 0.0457 e. The van der Waals surface area contributed by atoms with E-state index in [2.05, 4.69) is 46.4 Å². The number of nitrogens with zero attached hydrogens (tertiary/aromatic N) is 1. The lowest BCUT2D eigenvalue weighted by Crippen LogP contribution is -2.26. The second-order valence-corrected chi connectivity index (χ2v) is 5.53. The van der Waals surface area contributed by atoms with Crippen molar-refractivity contribution in [1.82, 2.24) is 15.2 Å². The van der Waals surface area contributed by atoms with Crippen molar-refractivity contribution in [2.75, 3.05) is 26.2 Å². The van der Waals surface area contributed by atoms with Crippen LogP contribution in [-0.4, -0.2) is 36.1 Å². The maximum absolute atomic E-state index is 3.63. The number of hydrogen-bond donors (Lipinski definition) is 2.